The standard InChI is InChI=1S/C12H18N8S/c1-7(2)9-13-10(19(3)4)15-11(14-9)21-12-16-17-18-20(12)8-5-6-8/h7-8H,5-6H2,1-4H3. The molecule has 0 unspecified atom stereocenters. The van der Waals surface area contributed by atoms with E-state index < -0.39 is 0 Å². The third-order valence-electron chi connectivity index (χ3n) is 3.07. The van der Waals surface area contributed by atoms with E-state index in [-0.39, 0.29) is 5.92 Å². The van der Waals surface area contributed by atoms with Crippen molar-refractivity contribution >= 4 is 17.7 Å². The first-order valence-corrected chi connectivity index (χ1v) is 7.75. The first kappa shape index (κ1) is 14.2. The van der Waals surface area contributed by atoms with Crippen LogP contribution >= 0.6 is 11.8 Å². The molecule has 0 bridgehead atoms. The van der Waals surface area contributed by atoms with Gasteiger partial charge in [0.25, 0.3) is 0 Å². The van der Waals surface area contributed by atoms with E-state index in [4.69, 9.17) is 0 Å². The molecule has 0 amide bonds. The minimum absolute atomic E-state index is 0.241. The molecular formula is C12H18N8S. The van der Waals surface area contributed by atoms with Crippen molar-refractivity contribution in [2.75, 3.05) is 19.0 Å². The van der Waals surface area contributed by atoms with E-state index in [9.17, 15) is 0 Å². The van der Waals surface area contributed by atoms with Gasteiger partial charge in [0, 0.05) is 20.0 Å². The maximum absolute atomic E-state index is 4.52. The second kappa shape index (κ2) is 5.55. The fraction of sp³-hybridized carbons (Fsp3) is 0.667. The fourth-order valence-electron chi connectivity index (χ4n) is 1.75. The third kappa shape index (κ3) is 3.12. The molecule has 8 nitrogen and oxygen atoms in total. The predicted octanol–water partition coefficient (Wildman–Crippen LogP) is 1.53. The predicted molar refractivity (Wildman–Crippen MR) is 78.5 cm³/mol. The van der Waals surface area contributed by atoms with Crippen LogP contribution in [-0.2, 0) is 0 Å². The Morgan fingerprint density at radius 2 is 1.95 bits per heavy atom. The highest BCUT2D eigenvalue weighted by Crippen LogP contribution is 2.37. The van der Waals surface area contributed by atoms with Crippen LogP contribution < -0.4 is 4.90 Å². The summed E-state index contributed by atoms with van der Waals surface area (Å²) in [5, 5.41) is 13.2. The van der Waals surface area contributed by atoms with Crippen molar-refractivity contribution in [3.8, 4) is 0 Å². The van der Waals surface area contributed by atoms with Crippen LogP contribution in [0.25, 0.3) is 0 Å². The van der Waals surface area contributed by atoms with Crippen LogP contribution in [0.5, 0.6) is 0 Å². The van der Waals surface area contributed by atoms with Crippen molar-refractivity contribution in [3.63, 3.8) is 0 Å². The van der Waals surface area contributed by atoms with E-state index in [1.54, 1.807) is 0 Å². The average Bonchev–Trinajstić information content (AvgIpc) is 3.19. The van der Waals surface area contributed by atoms with Crippen LogP contribution in [0, 0.1) is 0 Å². The Morgan fingerprint density at radius 3 is 2.57 bits per heavy atom. The lowest BCUT2D eigenvalue weighted by Gasteiger charge is -2.13. The van der Waals surface area contributed by atoms with Gasteiger partial charge in [0.2, 0.25) is 16.3 Å². The number of anilines is 1. The molecule has 9 heteroatoms. The highest BCUT2D eigenvalue weighted by molar-refractivity contribution is 7.99. The molecule has 0 aromatic carbocycles. The molecule has 0 aliphatic heterocycles. The van der Waals surface area contributed by atoms with Gasteiger partial charge in [-0.25, -0.2) is 9.67 Å². The fourth-order valence-corrected chi connectivity index (χ4v) is 2.53. The second-order valence-corrected chi connectivity index (χ2v) is 6.50. The van der Waals surface area contributed by atoms with Gasteiger partial charge < -0.3 is 4.90 Å². The van der Waals surface area contributed by atoms with E-state index in [0.29, 0.717) is 17.1 Å². The second-order valence-electron chi connectivity index (χ2n) is 5.56. The summed E-state index contributed by atoms with van der Waals surface area (Å²) >= 11 is 1.39. The summed E-state index contributed by atoms with van der Waals surface area (Å²) < 4.78 is 1.86. The third-order valence-corrected chi connectivity index (χ3v) is 3.89. The van der Waals surface area contributed by atoms with E-state index in [1.165, 1.54) is 11.8 Å². The van der Waals surface area contributed by atoms with Crippen LogP contribution in [0.1, 0.15) is 44.5 Å². The summed E-state index contributed by atoms with van der Waals surface area (Å²) in [6.45, 7) is 4.13. The van der Waals surface area contributed by atoms with Crippen molar-refractivity contribution in [1.29, 1.82) is 0 Å². The van der Waals surface area contributed by atoms with Gasteiger partial charge in [0.1, 0.15) is 5.82 Å². The summed E-state index contributed by atoms with van der Waals surface area (Å²) in [5.74, 6) is 1.67. The molecule has 2 aromatic rings. The van der Waals surface area contributed by atoms with Gasteiger partial charge in [-0.15, -0.1) is 5.10 Å². The lowest BCUT2D eigenvalue weighted by atomic mass is 10.2. The Bertz CT molecular complexity index is 608. The lowest BCUT2D eigenvalue weighted by Crippen LogP contribution is -2.16. The van der Waals surface area contributed by atoms with Crippen molar-refractivity contribution < 1.29 is 0 Å². The van der Waals surface area contributed by atoms with Crippen molar-refractivity contribution in [1.82, 2.24) is 35.2 Å². The Balaban J connectivity index is 1.91. The summed E-state index contributed by atoms with van der Waals surface area (Å²) in [6, 6.07) is 0.433. The Morgan fingerprint density at radius 1 is 1.19 bits per heavy atom. The normalized spacial score (nSPS) is 14.7. The zero-order valence-electron chi connectivity index (χ0n) is 12.6. The van der Waals surface area contributed by atoms with E-state index >= 15 is 0 Å². The number of hydrogen-bond acceptors (Lipinski definition) is 8. The van der Waals surface area contributed by atoms with Crippen LogP contribution in [-0.4, -0.2) is 49.3 Å². The highest BCUT2D eigenvalue weighted by atomic mass is 32.2. The molecule has 0 saturated heterocycles. The monoisotopic (exact) mass is 306 g/mol. The molecule has 2 heterocycles. The molecule has 2 aromatic heterocycles. The van der Waals surface area contributed by atoms with Crippen LogP contribution in [0.4, 0.5) is 5.95 Å². The Kier molecular flexibility index (Phi) is 3.75. The smallest absolute Gasteiger partial charge is 0.229 e. The van der Waals surface area contributed by atoms with Crippen molar-refractivity contribution in [2.24, 2.45) is 0 Å². The molecule has 0 atom stereocenters. The first-order valence-electron chi connectivity index (χ1n) is 6.93. The quantitative estimate of drug-likeness (QED) is 0.822. The summed E-state index contributed by atoms with van der Waals surface area (Å²) in [6.07, 6.45) is 2.27. The summed E-state index contributed by atoms with van der Waals surface area (Å²) in [5.41, 5.74) is 0. The number of aromatic nitrogens is 7. The van der Waals surface area contributed by atoms with Gasteiger partial charge in [-0.3, -0.25) is 0 Å². The van der Waals surface area contributed by atoms with Crippen LogP contribution in [0.2, 0.25) is 0 Å². The molecule has 3 rings (SSSR count). The van der Waals surface area contributed by atoms with Crippen molar-refractivity contribution in [2.45, 2.75) is 49.0 Å². The van der Waals surface area contributed by atoms with E-state index in [2.05, 4.69) is 44.3 Å². The van der Waals surface area contributed by atoms with E-state index in [1.807, 2.05) is 23.7 Å². The Hall–Kier alpha value is -1.77. The number of hydrogen-bond donors (Lipinski definition) is 0. The minimum atomic E-state index is 0.241. The lowest BCUT2D eigenvalue weighted by molar-refractivity contribution is 0.564. The summed E-state index contributed by atoms with van der Waals surface area (Å²) in [4.78, 5) is 15.3. The molecule has 0 spiro atoms. The molecule has 1 saturated carbocycles. The van der Waals surface area contributed by atoms with Gasteiger partial charge in [0.05, 0.1) is 6.04 Å². The van der Waals surface area contributed by atoms with Crippen molar-refractivity contribution in [3.05, 3.63) is 5.82 Å². The maximum atomic E-state index is 4.52. The zero-order chi connectivity index (χ0) is 15.0. The topological polar surface area (TPSA) is 85.5 Å². The van der Waals surface area contributed by atoms with Gasteiger partial charge in [0.15, 0.2) is 0 Å². The number of rotatable bonds is 5. The van der Waals surface area contributed by atoms with Crippen LogP contribution in [0.15, 0.2) is 10.3 Å². The molecule has 1 fully saturated rings. The average molecular weight is 306 g/mol. The molecule has 0 radical (unpaired) electrons. The van der Waals surface area contributed by atoms with Gasteiger partial charge in [-0.05, 0) is 35.0 Å². The van der Waals surface area contributed by atoms with Gasteiger partial charge >= 0.3 is 0 Å². The molecule has 0 N–H and O–H groups in total. The molecule has 112 valence electrons. The highest BCUT2D eigenvalue weighted by Gasteiger charge is 2.28. The minimum Gasteiger partial charge on any atom is -0.347 e. The van der Waals surface area contributed by atoms with Gasteiger partial charge in [-0.2, -0.15) is 9.97 Å². The largest absolute Gasteiger partial charge is 0.347 e. The first-order chi connectivity index (χ1) is 10.0. The number of tetrazole rings is 1. The zero-order valence-corrected chi connectivity index (χ0v) is 13.4. The molecule has 21 heavy (non-hydrogen) atoms. The maximum Gasteiger partial charge on any atom is 0.229 e. The Labute approximate surface area is 127 Å². The van der Waals surface area contributed by atoms with Crippen LogP contribution in [0.3, 0.4) is 0 Å². The van der Waals surface area contributed by atoms with Gasteiger partial charge in [-0.1, -0.05) is 13.8 Å². The number of nitrogens with zero attached hydrogens (tertiary/aromatic N) is 8. The molecule has 1 aliphatic carbocycles. The molecular weight excluding hydrogens is 288 g/mol. The van der Waals surface area contributed by atoms with E-state index in [0.717, 1.165) is 23.8 Å². The summed E-state index contributed by atoms with van der Waals surface area (Å²) in [7, 11) is 3.84. The molecule has 1 aliphatic rings. The SMILES string of the molecule is CC(C)c1nc(Sc2nnnn2C2CC2)nc(N(C)C)n1.